The Morgan fingerprint density at radius 3 is 1.80 bits per heavy atom. The van der Waals surface area contributed by atoms with E-state index in [4.69, 9.17) is 0 Å². The molecule has 2 spiro atoms. The van der Waals surface area contributed by atoms with E-state index in [1.165, 1.54) is 0 Å². The van der Waals surface area contributed by atoms with Gasteiger partial charge in [0.25, 0.3) is 0 Å². The lowest BCUT2D eigenvalue weighted by Crippen LogP contribution is -2.64. The first-order valence-corrected chi connectivity index (χ1v) is 11.5. The maximum Gasteiger partial charge on any atom is 0.240 e. The van der Waals surface area contributed by atoms with Gasteiger partial charge in [-0.1, -0.05) is 66.7 Å². The van der Waals surface area contributed by atoms with Gasteiger partial charge in [-0.3, -0.25) is 29.3 Å². The van der Waals surface area contributed by atoms with E-state index in [1.807, 2.05) is 0 Å². The first-order chi connectivity index (χ1) is 16.9. The highest BCUT2D eigenvalue weighted by atomic mass is 16.2. The maximum atomic E-state index is 14.0. The van der Waals surface area contributed by atoms with Gasteiger partial charge in [0.2, 0.25) is 11.8 Å². The van der Waals surface area contributed by atoms with E-state index < -0.39 is 46.3 Å². The van der Waals surface area contributed by atoms with Gasteiger partial charge in [0.15, 0.2) is 22.9 Å². The lowest BCUT2D eigenvalue weighted by Gasteiger charge is -2.32. The molecule has 0 bridgehead atoms. The minimum absolute atomic E-state index is 0.115. The second-order valence-corrected chi connectivity index (χ2v) is 9.57. The summed E-state index contributed by atoms with van der Waals surface area (Å²) < 4.78 is 0. The lowest BCUT2D eigenvalue weighted by atomic mass is 9.73. The molecule has 0 aromatic heterocycles. The Bertz CT molecular complexity index is 1490. The number of ketones is 3. The van der Waals surface area contributed by atoms with Crippen molar-refractivity contribution in [2.24, 2.45) is 11.8 Å². The molecule has 7 heteroatoms. The van der Waals surface area contributed by atoms with Gasteiger partial charge in [0, 0.05) is 16.7 Å². The SMILES string of the molecule is O=C1[C@@H]2[C@H](C(=O)N1c1ccccc1)[C@@]1(Cc3ccccc3C1=O)NC21C(=O)c2ccccc2C1=O. The predicted octanol–water partition coefficient (Wildman–Crippen LogP) is 2.39. The molecule has 7 nitrogen and oxygen atoms in total. The molecule has 2 amide bonds. The summed E-state index contributed by atoms with van der Waals surface area (Å²) in [6.45, 7) is 0. The normalized spacial score (nSPS) is 27.8. The molecular weight excluding hydrogens is 444 g/mol. The van der Waals surface area contributed by atoms with Crippen molar-refractivity contribution in [2.75, 3.05) is 4.90 Å². The van der Waals surface area contributed by atoms with Gasteiger partial charge in [0.05, 0.1) is 23.1 Å². The zero-order valence-electron chi connectivity index (χ0n) is 18.4. The predicted molar refractivity (Wildman–Crippen MR) is 124 cm³/mol. The summed E-state index contributed by atoms with van der Waals surface area (Å²) in [7, 11) is 0. The molecule has 4 aliphatic rings. The van der Waals surface area contributed by atoms with Crippen molar-refractivity contribution in [1.29, 1.82) is 0 Å². The number of fused-ring (bicyclic) bond motifs is 5. The number of carbonyl (C=O) groups excluding carboxylic acids is 5. The van der Waals surface area contributed by atoms with E-state index in [9.17, 15) is 24.0 Å². The van der Waals surface area contributed by atoms with E-state index in [1.54, 1.807) is 78.9 Å². The summed E-state index contributed by atoms with van der Waals surface area (Å²) >= 11 is 0. The number of carbonyl (C=O) groups is 5. The molecule has 2 aliphatic carbocycles. The Morgan fingerprint density at radius 1 is 0.629 bits per heavy atom. The zero-order valence-corrected chi connectivity index (χ0v) is 18.4. The van der Waals surface area contributed by atoms with E-state index in [0.29, 0.717) is 11.3 Å². The van der Waals surface area contributed by atoms with Crippen LogP contribution in [-0.2, 0) is 16.0 Å². The molecule has 3 atom stereocenters. The summed E-state index contributed by atoms with van der Waals surface area (Å²) in [4.78, 5) is 70.7. The minimum Gasteiger partial charge on any atom is -0.292 e. The molecule has 0 saturated carbocycles. The largest absolute Gasteiger partial charge is 0.292 e. The average molecular weight is 462 g/mol. The molecule has 2 saturated heterocycles. The van der Waals surface area contributed by atoms with Crippen LogP contribution in [0.5, 0.6) is 0 Å². The van der Waals surface area contributed by atoms with Crippen LogP contribution in [0.25, 0.3) is 0 Å². The van der Waals surface area contributed by atoms with Gasteiger partial charge in [-0.25, -0.2) is 4.90 Å². The Morgan fingerprint density at radius 2 is 1.17 bits per heavy atom. The first-order valence-electron chi connectivity index (χ1n) is 11.5. The standard InChI is InChI=1S/C28H18N2O5/c31-22-17-11-5-4-8-15(17)14-27(22)20-21(26(35)30(25(20)34)16-9-2-1-3-10-16)28(29-27)23(32)18-12-6-7-13-19(18)24(28)33/h1-13,20-21,29H,14H2/t20-,21+,27-/m1/s1. The number of amides is 2. The van der Waals surface area contributed by atoms with Crippen LogP contribution < -0.4 is 10.2 Å². The van der Waals surface area contributed by atoms with Crippen LogP contribution in [0, 0.1) is 11.8 Å². The second kappa shape index (κ2) is 6.46. The number of anilines is 1. The van der Waals surface area contributed by atoms with Gasteiger partial charge in [-0.15, -0.1) is 0 Å². The Labute approximate surface area is 199 Å². The molecule has 170 valence electrons. The van der Waals surface area contributed by atoms with Crippen LogP contribution in [0.3, 0.4) is 0 Å². The third-order valence-electron chi connectivity index (χ3n) is 8.01. The lowest BCUT2D eigenvalue weighted by molar-refractivity contribution is -0.123. The maximum absolute atomic E-state index is 14.0. The molecule has 7 rings (SSSR count). The second-order valence-electron chi connectivity index (χ2n) is 9.57. The van der Waals surface area contributed by atoms with E-state index in [2.05, 4.69) is 5.32 Å². The quantitative estimate of drug-likeness (QED) is 0.440. The average Bonchev–Trinajstić information content (AvgIpc) is 3.51. The molecular formula is C28H18N2O5. The van der Waals surface area contributed by atoms with E-state index in [0.717, 1.165) is 10.5 Å². The van der Waals surface area contributed by atoms with Crippen LogP contribution in [0.1, 0.15) is 36.6 Å². The topological polar surface area (TPSA) is 101 Å². The highest BCUT2D eigenvalue weighted by Crippen LogP contribution is 2.56. The van der Waals surface area contributed by atoms with Crippen molar-refractivity contribution in [3.63, 3.8) is 0 Å². The Hall–Kier alpha value is -4.23. The summed E-state index contributed by atoms with van der Waals surface area (Å²) in [5.74, 6) is -5.25. The van der Waals surface area contributed by atoms with Crippen molar-refractivity contribution in [3.05, 3.63) is 101 Å². The van der Waals surface area contributed by atoms with Crippen LogP contribution in [-0.4, -0.2) is 40.2 Å². The number of imide groups is 1. The molecule has 3 aromatic carbocycles. The summed E-state index contributed by atoms with van der Waals surface area (Å²) in [5, 5.41) is 3.10. The third-order valence-corrected chi connectivity index (χ3v) is 8.01. The number of nitrogens with zero attached hydrogens (tertiary/aromatic N) is 1. The van der Waals surface area contributed by atoms with Crippen molar-refractivity contribution in [2.45, 2.75) is 17.5 Å². The number of rotatable bonds is 1. The van der Waals surface area contributed by atoms with Gasteiger partial charge < -0.3 is 0 Å². The van der Waals surface area contributed by atoms with Crippen LogP contribution in [0.4, 0.5) is 5.69 Å². The summed E-state index contributed by atoms with van der Waals surface area (Å²) in [6.07, 6.45) is 0.115. The van der Waals surface area contributed by atoms with Crippen molar-refractivity contribution < 1.29 is 24.0 Å². The monoisotopic (exact) mass is 462 g/mol. The van der Waals surface area contributed by atoms with Crippen LogP contribution in [0.15, 0.2) is 78.9 Å². The molecule has 35 heavy (non-hydrogen) atoms. The minimum atomic E-state index is -2.01. The van der Waals surface area contributed by atoms with E-state index >= 15 is 0 Å². The fourth-order valence-corrected chi connectivity index (χ4v) is 6.61. The fourth-order valence-electron chi connectivity index (χ4n) is 6.61. The smallest absolute Gasteiger partial charge is 0.240 e. The molecule has 0 radical (unpaired) electrons. The Balaban J connectivity index is 1.48. The summed E-state index contributed by atoms with van der Waals surface area (Å²) in [5.41, 5.74) is -1.69. The molecule has 2 heterocycles. The van der Waals surface area contributed by atoms with Crippen molar-refractivity contribution in [3.8, 4) is 0 Å². The summed E-state index contributed by atoms with van der Waals surface area (Å²) in [6, 6.07) is 21.8. The number of benzene rings is 3. The number of para-hydroxylation sites is 1. The molecule has 1 N–H and O–H groups in total. The van der Waals surface area contributed by atoms with Crippen molar-refractivity contribution in [1.82, 2.24) is 5.32 Å². The number of hydrogen-bond donors (Lipinski definition) is 1. The fraction of sp³-hybridized carbons (Fsp3) is 0.179. The highest BCUT2D eigenvalue weighted by molar-refractivity contribution is 6.39. The van der Waals surface area contributed by atoms with Crippen LogP contribution in [0.2, 0.25) is 0 Å². The van der Waals surface area contributed by atoms with Gasteiger partial charge >= 0.3 is 0 Å². The molecule has 2 aliphatic heterocycles. The van der Waals surface area contributed by atoms with Gasteiger partial charge in [-0.05, 0) is 24.1 Å². The zero-order chi connectivity index (χ0) is 24.1. The first kappa shape index (κ1) is 20.2. The third kappa shape index (κ3) is 2.17. The van der Waals surface area contributed by atoms with Crippen LogP contribution >= 0.6 is 0 Å². The molecule has 3 aromatic rings. The van der Waals surface area contributed by atoms with Gasteiger partial charge in [-0.2, -0.15) is 0 Å². The number of Topliss-reactive ketones (excluding diaryl/α,β-unsaturated/α-hetero) is 3. The Kier molecular flexibility index (Phi) is 3.72. The number of nitrogens with one attached hydrogen (secondary N) is 1. The van der Waals surface area contributed by atoms with Gasteiger partial charge in [0.1, 0.15) is 0 Å². The highest BCUT2D eigenvalue weighted by Gasteiger charge is 2.79. The number of hydrogen-bond acceptors (Lipinski definition) is 6. The van der Waals surface area contributed by atoms with Crippen molar-refractivity contribution >= 4 is 34.9 Å². The molecule has 2 fully saturated rings. The van der Waals surface area contributed by atoms with E-state index in [-0.39, 0.29) is 23.3 Å². The molecule has 0 unspecified atom stereocenters.